The molecule has 118 valence electrons. The SMILES string of the molecule is CCSC1CCC(NC(=O)NC(=O)C(C)=C(C)C(=O)O)C1. The molecule has 3 N–H and O–H groups in total. The Hall–Kier alpha value is -1.50. The first-order valence-corrected chi connectivity index (χ1v) is 8.04. The third-order valence-electron chi connectivity index (χ3n) is 3.57. The fourth-order valence-electron chi connectivity index (χ4n) is 2.21. The normalized spacial score (nSPS) is 22.4. The molecule has 0 aliphatic heterocycles. The molecule has 1 saturated carbocycles. The van der Waals surface area contributed by atoms with Gasteiger partial charge in [0, 0.05) is 22.4 Å². The lowest BCUT2D eigenvalue weighted by Gasteiger charge is -2.13. The number of imide groups is 1. The molecule has 0 aromatic heterocycles. The van der Waals surface area contributed by atoms with Crippen molar-refractivity contribution in [3.63, 3.8) is 0 Å². The number of carbonyl (C=O) groups excluding carboxylic acids is 2. The summed E-state index contributed by atoms with van der Waals surface area (Å²) in [6, 6.07) is -0.489. The van der Waals surface area contributed by atoms with E-state index in [0.717, 1.165) is 25.0 Å². The van der Waals surface area contributed by atoms with E-state index in [1.165, 1.54) is 13.8 Å². The minimum absolute atomic E-state index is 0.0310. The number of carboxylic acid groups (broad SMARTS) is 1. The van der Waals surface area contributed by atoms with E-state index >= 15 is 0 Å². The zero-order chi connectivity index (χ0) is 16.0. The van der Waals surface area contributed by atoms with Crippen molar-refractivity contribution in [1.82, 2.24) is 10.6 Å². The van der Waals surface area contributed by atoms with Crippen LogP contribution in [0, 0.1) is 0 Å². The van der Waals surface area contributed by atoms with Crippen LogP contribution < -0.4 is 10.6 Å². The van der Waals surface area contributed by atoms with Crippen molar-refractivity contribution in [3.8, 4) is 0 Å². The first-order chi connectivity index (χ1) is 9.85. The molecule has 0 radical (unpaired) electrons. The minimum Gasteiger partial charge on any atom is -0.478 e. The number of nitrogens with one attached hydrogen (secondary N) is 2. The van der Waals surface area contributed by atoms with Crippen LogP contribution in [0.4, 0.5) is 4.79 Å². The summed E-state index contributed by atoms with van der Waals surface area (Å²) in [5, 5.41) is 14.3. The Kier molecular flexibility index (Phi) is 6.74. The van der Waals surface area contributed by atoms with E-state index in [1.54, 1.807) is 0 Å². The fraction of sp³-hybridized carbons (Fsp3) is 0.643. The Balaban J connectivity index is 2.46. The van der Waals surface area contributed by atoms with Crippen LogP contribution in [-0.4, -0.2) is 40.1 Å². The highest BCUT2D eigenvalue weighted by molar-refractivity contribution is 7.99. The third-order valence-corrected chi connectivity index (χ3v) is 4.81. The molecule has 0 aromatic carbocycles. The monoisotopic (exact) mass is 314 g/mol. The van der Waals surface area contributed by atoms with Crippen molar-refractivity contribution >= 4 is 29.7 Å². The van der Waals surface area contributed by atoms with Gasteiger partial charge in [-0.2, -0.15) is 11.8 Å². The highest BCUT2D eigenvalue weighted by Crippen LogP contribution is 2.29. The second-order valence-corrected chi connectivity index (χ2v) is 6.65. The molecule has 6 nitrogen and oxygen atoms in total. The first kappa shape index (κ1) is 17.6. The second kappa shape index (κ2) is 8.07. The topological polar surface area (TPSA) is 95.5 Å². The molecule has 0 aromatic rings. The van der Waals surface area contributed by atoms with Crippen LogP contribution in [0.3, 0.4) is 0 Å². The Labute approximate surface area is 128 Å². The summed E-state index contributed by atoms with van der Waals surface area (Å²) in [5.41, 5.74) is -0.0379. The lowest BCUT2D eigenvalue weighted by molar-refractivity contribution is -0.133. The van der Waals surface area contributed by atoms with Gasteiger partial charge >= 0.3 is 12.0 Å². The molecular formula is C14H22N2O4S. The Morgan fingerprint density at radius 3 is 2.43 bits per heavy atom. The molecule has 1 rings (SSSR count). The largest absolute Gasteiger partial charge is 0.478 e. The Bertz CT molecular complexity index is 462. The number of urea groups is 1. The van der Waals surface area contributed by atoms with Crippen molar-refractivity contribution in [2.24, 2.45) is 0 Å². The van der Waals surface area contributed by atoms with Crippen LogP contribution in [-0.2, 0) is 9.59 Å². The van der Waals surface area contributed by atoms with Gasteiger partial charge in [-0.25, -0.2) is 9.59 Å². The average molecular weight is 314 g/mol. The van der Waals surface area contributed by atoms with Gasteiger partial charge in [0.1, 0.15) is 0 Å². The number of hydrogen-bond acceptors (Lipinski definition) is 4. The summed E-state index contributed by atoms with van der Waals surface area (Å²) < 4.78 is 0. The van der Waals surface area contributed by atoms with Gasteiger partial charge in [-0.3, -0.25) is 10.1 Å². The third kappa shape index (κ3) is 5.41. The van der Waals surface area contributed by atoms with Crippen LogP contribution in [0.1, 0.15) is 40.0 Å². The van der Waals surface area contributed by atoms with Crippen LogP contribution in [0.2, 0.25) is 0 Å². The number of carbonyl (C=O) groups is 3. The minimum atomic E-state index is -1.17. The number of thioether (sulfide) groups is 1. The summed E-state index contributed by atoms with van der Waals surface area (Å²) in [4.78, 5) is 34.3. The lowest BCUT2D eigenvalue weighted by atomic mass is 10.1. The highest BCUT2D eigenvalue weighted by atomic mass is 32.2. The van der Waals surface area contributed by atoms with E-state index in [0.29, 0.717) is 5.25 Å². The van der Waals surface area contributed by atoms with Gasteiger partial charge in [0.15, 0.2) is 0 Å². The van der Waals surface area contributed by atoms with Gasteiger partial charge in [-0.05, 0) is 38.9 Å². The van der Waals surface area contributed by atoms with Crippen LogP contribution >= 0.6 is 11.8 Å². The van der Waals surface area contributed by atoms with Gasteiger partial charge in [0.05, 0.1) is 0 Å². The summed E-state index contributed by atoms with van der Waals surface area (Å²) in [6.45, 7) is 4.82. The standard InChI is InChI=1S/C14H22N2O4S/c1-4-21-11-6-5-10(7-11)15-14(20)16-12(17)8(2)9(3)13(18)19/h10-11H,4-7H2,1-3H3,(H,18,19)(H2,15,16,17,20). The van der Waals surface area contributed by atoms with Gasteiger partial charge < -0.3 is 10.4 Å². The maximum atomic E-state index is 11.8. The van der Waals surface area contributed by atoms with Crippen LogP contribution in [0.15, 0.2) is 11.1 Å². The van der Waals surface area contributed by atoms with Crippen molar-refractivity contribution < 1.29 is 19.5 Å². The molecule has 2 atom stereocenters. The van der Waals surface area contributed by atoms with Crippen LogP contribution in [0.5, 0.6) is 0 Å². The molecule has 1 fully saturated rings. The molecule has 2 unspecified atom stereocenters. The first-order valence-electron chi connectivity index (χ1n) is 6.99. The van der Waals surface area contributed by atoms with E-state index in [-0.39, 0.29) is 17.2 Å². The summed E-state index contributed by atoms with van der Waals surface area (Å²) >= 11 is 1.88. The Morgan fingerprint density at radius 2 is 1.86 bits per heavy atom. The van der Waals surface area contributed by atoms with E-state index in [4.69, 9.17) is 5.11 Å². The molecule has 0 bridgehead atoms. The molecule has 0 saturated heterocycles. The summed E-state index contributed by atoms with van der Waals surface area (Å²) in [6.07, 6.45) is 2.87. The average Bonchev–Trinajstić information content (AvgIpc) is 2.84. The van der Waals surface area contributed by atoms with E-state index in [1.807, 2.05) is 11.8 Å². The van der Waals surface area contributed by atoms with Crippen molar-refractivity contribution in [2.45, 2.75) is 51.3 Å². The highest BCUT2D eigenvalue weighted by Gasteiger charge is 2.26. The van der Waals surface area contributed by atoms with Crippen LogP contribution in [0.25, 0.3) is 0 Å². The van der Waals surface area contributed by atoms with Crippen molar-refractivity contribution in [3.05, 3.63) is 11.1 Å². The molecule has 1 aliphatic rings. The number of hydrogen-bond donors (Lipinski definition) is 3. The molecule has 0 heterocycles. The predicted octanol–water partition coefficient (Wildman–Crippen LogP) is 1.91. The van der Waals surface area contributed by atoms with Crippen molar-refractivity contribution in [2.75, 3.05) is 5.75 Å². The summed E-state index contributed by atoms with van der Waals surface area (Å²) in [5.74, 6) is -0.788. The maximum Gasteiger partial charge on any atom is 0.331 e. The van der Waals surface area contributed by atoms with Gasteiger partial charge in [0.2, 0.25) is 0 Å². The maximum absolute atomic E-state index is 11.8. The number of rotatable bonds is 5. The van der Waals surface area contributed by atoms with E-state index in [9.17, 15) is 14.4 Å². The molecule has 3 amide bonds. The van der Waals surface area contributed by atoms with Gasteiger partial charge in [-0.15, -0.1) is 0 Å². The predicted molar refractivity (Wildman–Crippen MR) is 82.2 cm³/mol. The molecule has 21 heavy (non-hydrogen) atoms. The number of aliphatic carboxylic acids is 1. The smallest absolute Gasteiger partial charge is 0.331 e. The quantitative estimate of drug-likeness (QED) is 0.674. The zero-order valence-electron chi connectivity index (χ0n) is 12.6. The van der Waals surface area contributed by atoms with E-state index in [2.05, 4.69) is 17.6 Å². The molecule has 1 aliphatic carbocycles. The summed E-state index contributed by atoms with van der Waals surface area (Å²) in [7, 11) is 0. The zero-order valence-corrected chi connectivity index (χ0v) is 13.4. The fourth-order valence-corrected chi connectivity index (χ4v) is 3.35. The Morgan fingerprint density at radius 1 is 1.19 bits per heavy atom. The molecular weight excluding hydrogens is 292 g/mol. The number of carboxylic acids is 1. The van der Waals surface area contributed by atoms with Crippen molar-refractivity contribution in [1.29, 1.82) is 0 Å². The van der Waals surface area contributed by atoms with Gasteiger partial charge in [-0.1, -0.05) is 6.92 Å². The second-order valence-electron chi connectivity index (χ2n) is 5.07. The molecule has 7 heteroatoms. The van der Waals surface area contributed by atoms with E-state index < -0.39 is 17.9 Å². The van der Waals surface area contributed by atoms with Gasteiger partial charge in [0.25, 0.3) is 5.91 Å². The number of amides is 3. The molecule has 0 spiro atoms. The lowest BCUT2D eigenvalue weighted by Crippen LogP contribution is -2.44.